The summed E-state index contributed by atoms with van der Waals surface area (Å²) in [6.07, 6.45) is 12.8. The molecule has 0 aromatic carbocycles. The van der Waals surface area contributed by atoms with Gasteiger partial charge in [0.15, 0.2) is 0 Å². The van der Waals surface area contributed by atoms with Crippen LogP contribution in [0, 0.1) is 11.8 Å². The van der Waals surface area contributed by atoms with Crippen molar-refractivity contribution in [3.05, 3.63) is 25.3 Å². The molecule has 5 atom stereocenters. The molecule has 1 N–H and O–H groups in total. The van der Waals surface area contributed by atoms with Crippen molar-refractivity contribution in [2.24, 2.45) is 11.8 Å². The summed E-state index contributed by atoms with van der Waals surface area (Å²) in [7, 11) is 1.78. The Kier molecular flexibility index (Phi) is 8.79. The zero-order valence-corrected chi connectivity index (χ0v) is 23.5. The van der Waals surface area contributed by atoms with Crippen LogP contribution in [0.1, 0.15) is 71.1 Å². The third kappa shape index (κ3) is 4.88. The molecule has 1 aliphatic carbocycles. The van der Waals surface area contributed by atoms with Gasteiger partial charge < -0.3 is 19.8 Å². The number of fused-ring (bicyclic) bond motifs is 1. The van der Waals surface area contributed by atoms with Crippen LogP contribution in [0.3, 0.4) is 0 Å². The molecular weight excluding hydrogens is 486 g/mol. The Labute approximate surface area is 226 Å². The molecule has 0 aromatic heterocycles. The van der Waals surface area contributed by atoms with E-state index in [-0.39, 0.29) is 35.1 Å². The molecule has 3 amide bonds. The predicted octanol–water partition coefficient (Wildman–Crippen LogP) is 3.62. The lowest BCUT2D eigenvalue weighted by atomic mass is 9.66. The molecule has 0 radical (unpaired) electrons. The highest BCUT2D eigenvalue weighted by Crippen LogP contribution is 2.71. The van der Waals surface area contributed by atoms with Crippen LogP contribution in [0.15, 0.2) is 25.3 Å². The molecule has 2 bridgehead atoms. The molecule has 4 rings (SSSR count). The van der Waals surface area contributed by atoms with Gasteiger partial charge in [0, 0.05) is 44.1 Å². The molecule has 37 heavy (non-hydrogen) atoms. The summed E-state index contributed by atoms with van der Waals surface area (Å²) in [6, 6.07) is -0.383. The van der Waals surface area contributed by atoms with Crippen molar-refractivity contribution in [2.45, 2.75) is 92.7 Å². The van der Waals surface area contributed by atoms with Gasteiger partial charge in [-0.1, -0.05) is 31.4 Å². The number of likely N-dealkylation sites (tertiary alicyclic amines) is 1. The van der Waals surface area contributed by atoms with Gasteiger partial charge in [0.25, 0.3) is 0 Å². The summed E-state index contributed by atoms with van der Waals surface area (Å²) in [4.78, 5) is 48.0. The summed E-state index contributed by atoms with van der Waals surface area (Å²) < 4.78 is -0.939. The van der Waals surface area contributed by atoms with E-state index in [2.05, 4.69) is 20.1 Å². The number of likely N-dealkylation sites (N-methyl/N-ethyl adjacent to an activating group) is 1. The molecule has 3 saturated heterocycles. The number of rotatable bonds is 12. The van der Waals surface area contributed by atoms with Gasteiger partial charge in [0.2, 0.25) is 17.7 Å². The summed E-state index contributed by atoms with van der Waals surface area (Å²) in [6.45, 7) is 11.4. The van der Waals surface area contributed by atoms with Gasteiger partial charge in [-0.15, -0.1) is 24.9 Å². The lowest BCUT2D eigenvalue weighted by molar-refractivity contribution is -0.145. The number of aliphatic hydroxyl groups excluding tert-OH is 1. The van der Waals surface area contributed by atoms with Crippen LogP contribution in [0.2, 0.25) is 0 Å². The minimum Gasteiger partial charge on any atom is -0.396 e. The number of carbonyl (C=O) groups is 3. The largest absolute Gasteiger partial charge is 0.396 e. The molecule has 3 heterocycles. The lowest BCUT2D eigenvalue weighted by Gasteiger charge is -2.41. The maximum atomic E-state index is 14.5. The number of hydrogen-bond acceptors (Lipinski definition) is 5. The van der Waals surface area contributed by atoms with Gasteiger partial charge >= 0.3 is 0 Å². The fourth-order valence-corrected chi connectivity index (χ4v) is 9.87. The number of thioether (sulfide) groups is 1. The van der Waals surface area contributed by atoms with E-state index in [0.29, 0.717) is 26.1 Å². The number of unbranched alkanes of at least 4 members (excludes halogenated alkanes) is 2. The zero-order chi connectivity index (χ0) is 26.8. The highest BCUT2D eigenvalue weighted by atomic mass is 32.2. The average Bonchev–Trinajstić information content (AvgIpc) is 3.45. The fraction of sp³-hybridized carbons (Fsp3) is 0.759. The molecule has 0 aromatic rings. The highest BCUT2D eigenvalue weighted by Gasteiger charge is 2.77. The summed E-state index contributed by atoms with van der Waals surface area (Å²) >= 11 is 1.74. The van der Waals surface area contributed by atoms with Gasteiger partial charge in [-0.2, -0.15) is 0 Å². The van der Waals surface area contributed by atoms with Gasteiger partial charge in [-0.3, -0.25) is 14.4 Å². The zero-order valence-electron chi connectivity index (χ0n) is 22.7. The van der Waals surface area contributed by atoms with Crippen molar-refractivity contribution >= 4 is 29.5 Å². The molecule has 1 saturated carbocycles. The Morgan fingerprint density at radius 2 is 1.78 bits per heavy atom. The minimum atomic E-state index is -0.580. The van der Waals surface area contributed by atoms with Crippen LogP contribution in [0.25, 0.3) is 0 Å². The second kappa shape index (κ2) is 11.5. The van der Waals surface area contributed by atoms with E-state index in [1.54, 1.807) is 35.9 Å². The first-order valence-electron chi connectivity index (χ1n) is 14.1. The van der Waals surface area contributed by atoms with Crippen molar-refractivity contribution in [3.63, 3.8) is 0 Å². The van der Waals surface area contributed by atoms with Crippen molar-refractivity contribution in [2.75, 3.05) is 33.3 Å². The maximum Gasteiger partial charge on any atom is 0.247 e. The van der Waals surface area contributed by atoms with Crippen molar-refractivity contribution in [1.29, 1.82) is 0 Å². The van der Waals surface area contributed by atoms with Crippen LogP contribution in [0.4, 0.5) is 0 Å². The van der Waals surface area contributed by atoms with E-state index in [9.17, 15) is 19.5 Å². The fourth-order valence-electron chi connectivity index (χ4n) is 7.52. The SMILES string of the molecule is C=CCN(C)C(=O)[C@H]1[C@H]2C(=O)N(CCCCCO)C(C(=O)N(CC=C)C3CCCCC3)C23CC[C@]1(C)S3. The highest BCUT2D eigenvalue weighted by molar-refractivity contribution is 8.02. The number of carbonyl (C=O) groups excluding carboxylic acids is 3. The monoisotopic (exact) mass is 531 g/mol. The standard InChI is InChI=1S/C29H45N3O4S/c1-5-17-30(4)25(34)22-23-26(35)32(19-11-8-12-20-33)24(29(23)16-15-28(22,3)37-29)27(36)31(18-6-2)21-13-9-7-10-14-21/h5-6,21-24,33H,1-2,7-20H2,3-4H3/t22-,23+,24?,28+,29?/m1/s1. The van der Waals surface area contributed by atoms with Crippen molar-refractivity contribution in [1.82, 2.24) is 14.7 Å². The molecule has 8 heteroatoms. The third-order valence-electron chi connectivity index (χ3n) is 9.24. The first kappa shape index (κ1) is 28.2. The topological polar surface area (TPSA) is 81.2 Å². The Bertz CT molecular complexity index is 906. The van der Waals surface area contributed by atoms with E-state index in [4.69, 9.17) is 0 Å². The second-order valence-corrected chi connectivity index (χ2v) is 13.5. The molecule has 7 nitrogen and oxygen atoms in total. The number of aliphatic hydroxyl groups is 1. The third-order valence-corrected chi connectivity index (χ3v) is 11.2. The van der Waals surface area contributed by atoms with E-state index < -0.39 is 22.6 Å². The maximum absolute atomic E-state index is 14.5. The van der Waals surface area contributed by atoms with Crippen LogP contribution in [-0.2, 0) is 14.4 Å². The van der Waals surface area contributed by atoms with Crippen LogP contribution < -0.4 is 0 Å². The Balaban J connectivity index is 1.72. The molecule has 3 aliphatic heterocycles. The van der Waals surface area contributed by atoms with Crippen molar-refractivity contribution in [3.8, 4) is 0 Å². The van der Waals surface area contributed by atoms with Crippen LogP contribution in [0.5, 0.6) is 0 Å². The first-order chi connectivity index (χ1) is 17.8. The molecule has 2 unspecified atom stereocenters. The quantitative estimate of drug-likeness (QED) is 0.307. The number of nitrogens with zero attached hydrogens (tertiary/aromatic N) is 3. The second-order valence-electron chi connectivity index (χ2n) is 11.6. The lowest BCUT2D eigenvalue weighted by Crippen LogP contribution is -2.57. The van der Waals surface area contributed by atoms with Gasteiger partial charge in [0.05, 0.1) is 16.6 Å². The summed E-state index contributed by atoms with van der Waals surface area (Å²) in [5.74, 6) is -0.943. The van der Waals surface area contributed by atoms with E-state index in [0.717, 1.165) is 51.4 Å². The molecule has 206 valence electrons. The Morgan fingerprint density at radius 3 is 2.43 bits per heavy atom. The minimum absolute atomic E-state index is 0.0154. The Hall–Kier alpha value is -1.80. The summed E-state index contributed by atoms with van der Waals surface area (Å²) in [5, 5.41) is 9.26. The Morgan fingerprint density at radius 1 is 1.08 bits per heavy atom. The number of hydrogen-bond donors (Lipinski definition) is 1. The molecule has 1 spiro atoms. The smallest absolute Gasteiger partial charge is 0.247 e. The molecule has 4 aliphatic rings. The average molecular weight is 532 g/mol. The van der Waals surface area contributed by atoms with Gasteiger partial charge in [-0.25, -0.2) is 0 Å². The van der Waals surface area contributed by atoms with Crippen molar-refractivity contribution < 1.29 is 19.5 Å². The first-order valence-corrected chi connectivity index (χ1v) is 15.0. The van der Waals surface area contributed by atoms with E-state index in [1.807, 2.05) is 9.80 Å². The predicted molar refractivity (Wildman–Crippen MR) is 148 cm³/mol. The molecular formula is C29H45N3O4S. The number of amides is 3. The van der Waals surface area contributed by atoms with Gasteiger partial charge in [-0.05, 0) is 51.9 Å². The normalized spacial score (nSPS) is 32.9. The van der Waals surface area contributed by atoms with E-state index >= 15 is 0 Å². The van der Waals surface area contributed by atoms with Crippen LogP contribution >= 0.6 is 11.8 Å². The molecule has 4 fully saturated rings. The van der Waals surface area contributed by atoms with Gasteiger partial charge in [0.1, 0.15) is 6.04 Å². The van der Waals surface area contributed by atoms with E-state index in [1.165, 1.54) is 6.42 Å². The summed E-state index contributed by atoms with van der Waals surface area (Å²) in [5.41, 5.74) is 0. The van der Waals surface area contributed by atoms with Crippen LogP contribution in [-0.4, -0.2) is 92.4 Å².